The fourth-order valence-corrected chi connectivity index (χ4v) is 5.42. The zero-order chi connectivity index (χ0) is 25.9. The Balaban J connectivity index is 1.53. The molecule has 1 aromatic heterocycles. The molecule has 0 radical (unpaired) electrons. The molecule has 0 unspecified atom stereocenters. The number of nitrogens with zero attached hydrogens (tertiary/aromatic N) is 1. The van der Waals surface area contributed by atoms with E-state index in [-0.39, 0.29) is 5.12 Å². The summed E-state index contributed by atoms with van der Waals surface area (Å²) in [5, 5.41) is 0.939. The van der Waals surface area contributed by atoms with Crippen LogP contribution >= 0.6 is 11.8 Å². The third kappa shape index (κ3) is 5.45. The van der Waals surface area contributed by atoms with Crippen LogP contribution < -0.4 is 4.74 Å². The van der Waals surface area contributed by atoms with Gasteiger partial charge < -0.3 is 4.74 Å². The molecule has 0 fully saturated rings. The van der Waals surface area contributed by atoms with E-state index in [1.165, 1.54) is 17.3 Å². The van der Waals surface area contributed by atoms with Crippen molar-refractivity contribution in [2.24, 2.45) is 0 Å². The smallest absolute Gasteiger partial charge is 0.225 e. The van der Waals surface area contributed by atoms with Crippen LogP contribution in [0.1, 0.15) is 38.2 Å². The molecule has 0 saturated carbocycles. The van der Waals surface area contributed by atoms with Crippen molar-refractivity contribution in [1.82, 2.24) is 4.98 Å². The van der Waals surface area contributed by atoms with Crippen LogP contribution in [0.25, 0.3) is 22.2 Å². The highest BCUT2D eigenvalue weighted by Crippen LogP contribution is 2.36. The molecule has 0 aliphatic rings. The Hall–Kier alpha value is -3.89. The number of hydrogen-bond donors (Lipinski definition) is 0. The third-order valence-electron chi connectivity index (χ3n) is 6.48. The van der Waals surface area contributed by atoms with E-state index in [1.54, 1.807) is 0 Å². The topological polar surface area (TPSA) is 39.2 Å². The number of hydrogen-bond acceptors (Lipinski definition) is 4. The van der Waals surface area contributed by atoms with Crippen molar-refractivity contribution in [1.29, 1.82) is 0 Å². The summed E-state index contributed by atoms with van der Waals surface area (Å²) in [6, 6.07) is 30.4. The molecule has 0 aliphatic carbocycles. The van der Waals surface area contributed by atoms with E-state index in [2.05, 4.69) is 26.0 Å². The van der Waals surface area contributed by atoms with Gasteiger partial charge in [-0.05, 0) is 98.6 Å². The van der Waals surface area contributed by atoms with Crippen molar-refractivity contribution in [2.45, 2.75) is 39.2 Å². The van der Waals surface area contributed by atoms with Crippen molar-refractivity contribution < 1.29 is 9.53 Å². The van der Waals surface area contributed by atoms with Gasteiger partial charge in [-0.15, -0.1) is 0 Å². The molecule has 5 rings (SSSR count). The van der Waals surface area contributed by atoms with E-state index in [0.29, 0.717) is 6.61 Å². The van der Waals surface area contributed by atoms with Gasteiger partial charge in [0.15, 0.2) is 0 Å². The van der Waals surface area contributed by atoms with E-state index in [9.17, 15) is 4.79 Å². The van der Waals surface area contributed by atoms with Crippen LogP contribution in [-0.4, -0.2) is 10.1 Å². The Morgan fingerprint density at radius 2 is 1.51 bits per heavy atom. The van der Waals surface area contributed by atoms with E-state index in [1.807, 2.05) is 92.7 Å². The number of carbonyl (C=O) groups is 1. The first-order valence-electron chi connectivity index (χ1n) is 12.4. The molecule has 37 heavy (non-hydrogen) atoms. The largest absolute Gasteiger partial charge is 0.489 e. The first kappa shape index (κ1) is 24.8. The molecule has 0 spiro atoms. The van der Waals surface area contributed by atoms with E-state index >= 15 is 0 Å². The summed E-state index contributed by atoms with van der Waals surface area (Å²) in [6.07, 6.45) is 0. The average molecular weight is 504 g/mol. The summed E-state index contributed by atoms with van der Waals surface area (Å²) in [6.45, 7) is 8.68. The molecular formula is C33H29NO2S. The van der Waals surface area contributed by atoms with E-state index < -0.39 is 0 Å². The molecule has 3 nitrogen and oxygen atoms in total. The van der Waals surface area contributed by atoms with Crippen molar-refractivity contribution in [3.8, 4) is 17.0 Å². The van der Waals surface area contributed by atoms with Crippen molar-refractivity contribution in [3.63, 3.8) is 0 Å². The van der Waals surface area contributed by atoms with Gasteiger partial charge in [-0.25, -0.2) is 4.98 Å². The molecule has 0 N–H and O–H groups in total. The predicted octanol–water partition coefficient (Wildman–Crippen LogP) is 8.65. The number of aromatic nitrogens is 1. The average Bonchev–Trinajstić information content (AvgIpc) is 2.89. The summed E-state index contributed by atoms with van der Waals surface area (Å²) >= 11 is 1.27. The predicted molar refractivity (Wildman–Crippen MR) is 154 cm³/mol. The number of pyridine rings is 1. The number of rotatable bonds is 6. The van der Waals surface area contributed by atoms with Gasteiger partial charge >= 0.3 is 0 Å². The third-order valence-corrected chi connectivity index (χ3v) is 7.38. The second-order valence-electron chi connectivity index (χ2n) is 9.44. The van der Waals surface area contributed by atoms with Gasteiger partial charge in [0.2, 0.25) is 5.12 Å². The van der Waals surface area contributed by atoms with Gasteiger partial charge in [-0.3, -0.25) is 4.79 Å². The summed E-state index contributed by atoms with van der Waals surface area (Å²) in [4.78, 5) is 19.7. The van der Waals surface area contributed by atoms with Crippen molar-refractivity contribution >= 4 is 27.8 Å². The normalized spacial score (nSPS) is 11.0. The minimum Gasteiger partial charge on any atom is -0.489 e. The summed E-state index contributed by atoms with van der Waals surface area (Å²) in [5.41, 5.74) is 8.74. The highest BCUT2D eigenvalue weighted by atomic mass is 32.2. The molecule has 0 atom stereocenters. The van der Waals surface area contributed by atoms with Gasteiger partial charge in [-0.2, -0.15) is 0 Å². The Labute approximate surface area is 222 Å². The van der Waals surface area contributed by atoms with Crippen LogP contribution in [0.3, 0.4) is 0 Å². The van der Waals surface area contributed by atoms with E-state index in [4.69, 9.17) is 9.72 Å². The quantitative estimate of drug-likeness (QED) is 0.217. The van der Waals surface area contributed by atoms with E-state index in [0.717, 1.165) is 60.6 Å². The molecule has 0 bridgehead atoms. The molecule has 0 amide bonds. The Morgan fingerprint density at radius 1 is 0.811 bits per heavy atom. The second kappa shape index (κ2) is 10.6. The number of fused-ring (bicyclic) bond motifs is 1. The maximum atomic E-state index is 13.7. The number of benzene rings is 4. The Bertz CT molecular complexity index is 1570. The molecular weight excluding hydrogens is 474 g/mol. The SMILES string of the molecule is Cc1ccc(SC(=O)c2c(C)c(-c3ccc(OCc4ccccc4)cc3)nc3c(C)cc(C)cc23)cc1. The maximum absolute atomic E-state index is 13.7. The van der Waals surface area contributed by atoms with Crippen LogP contribution in [0.15, 0.2) is 95.9 Å². The van der Waals surface area contributed by atoms with Crippen LogP contribution in [0, 0.1) is 27.7 Å². The lowest BCUT2D eigenvalue weighted by Crippen LogP contribution is -2.04. The second-order valence-corrected chi connectivity index (χ2v) is 10.5. The molecule has 5 aromatic rings. The number of ether oxygens (including phenoxy) is 1. The first-order valence-corrected chi connectivity index (χ1v) is 13.2. The molecule has 184 valence electrons. The van der Waals surface area contributed by atoms with Gasteiger partial charge in [0.05, 0.1) is 11.2 Å². The number of thioether (sulfide) groups is 1. The lowest BCUT2D eigenvalue weighted by Gasteiger charge is -2.16. The van der Waals surface area contributed by atoms with Crippen LogP contribution in [-0.2, 0) is 6.61 Å². The number of aryl methyl sites for hydroxylation is 3. The summed E-state index contributed by atoms with van der Waals surface area (Å²) in [5.74, 6) is 0.795. The molecule has 0 aliphatic heterocycles. The fraction of sp³-hybridized carbons (Fsp3) is 0.152. The maximum Gasteiger partial charge on any atom is 0.225 e. The fourth-order valence-electron chi connectivity index (χ4n) is 4.57. The zero-order valence-corrected chi connectivity index (χ0v) is 22.4. The Kier molecular flexibility index (Phi) is 7.11. The minimum absolute atomic E-state index is 0.0304. The van der Waals surface area contributed by atoms with Gasteiger partial charge in [0, 0.05) is 21.4 Å². The van der Waals surface area contributed by atoms with Crippen LogP contribution in [0.2, 0.25) is 0 Å². The van der Waals surface area contributed by atoms with Crippen molar-refractivity contribution in [2.75, 3.05) is 0 Å². The van der Waals surface area contributed by atoms with Crippen molar-refractivity contribution in [3.05, 3.63) is 124 Å². The lowest BCUT2D eigenvalue weighted by atomic mass is 9.95. The lowest BCUT2D eigenvalue weighted by molar-refractivity contribution is 0.109. The summed E-state index contributed by atoms with van der Waals surface area (Å²) in [7, 11) is 0. The minimum atomic E-state index is 0.0304. The first-order chi connectivity index (χ1) is 17.9. The molecule has 0 saturated heterocycles. The van der Waals surface area contributed by atoms with Gasteiger partial charge in [0.1, 0.15) is 12.4 Å². The van der Waals surface area contributed by atoms with Crippen LogP contribution in [0.4, 0.5) is 0 Å². The van der Waals surface area contributed by atoms with Crippen LogP contribution in [0.5, 0.6) is 5.75 Å². The Morgan fingerprint density at radius 3 is 2.22 bits per heavy atom. The monoisotopic (exact) mass is 503 g/mol. The zero-order valence-electron chi connectivity index (χ0n) is 21.5. The summed E-state index contributed by atoms with van der Waals surface area (Å²) < 4.78 is 5.97. The highest BCUT2D eigenvalue weighted by molar-refractivity contribution is 8.14. The van der Waals surface area contributed by atoms with Gasteiger partial charge in [-0.1, -0.05) is 59.7 Å². The molecule has 4 aromatic carbocycles. The standard InChI is InChI=1S/C33H29NO2S/c1-21-10-16-28(17-11-21)37-33(35)30-24(4)32(34-31-23(3)18-22(2)19-29(30)31)26-12-14-27(15-13-26)36-20-25-8-6-5-7-9-25/h5-19H,20H2,1-4H3. The van der Waals surface area contributed by atoms with Gasteiger partial charge in [0.25, 0.3) is 0 Å². The molecule has 4 heteroatoms. The number of carbonyl (C=O) groups excluding carboxylic acids is 1. The molecule has 1 heterocycles. The highest BCUT2D eigenvalue weighted by Gasteiger charge is 2.21.